The van der Waals surface area contributed by atoms with E-state index in [-0.39, 0.29) is 0 Å². The van der Waals surface area contributed by atoms with Crippen molar-refractivity contribution in [2.45, 2.75) is 25.7 Å². The van der Waals surface area contributed by atoms with Gasteiger partial charge < -0.3 is 9.72 Å². The maximum atomic E-state index is 5.31. The molecule has 76 valence electrons. The van der Waals surface area contributed by atoms with Crippen molar-refractivity contribution in [3.05, 3.63) is 22.2 Å². The monoisotopic (exact) mass is 210 g/mol. The van der Waals surface area contributed by atoms with Gasteiger partial charge in [0, 0.05) is 24.8 Å². The third-order valence-electron chi connectivity index (χ3n) is 2.50. The summed E-state index contributed by atoms with van der Waals surface area (Å²) in [5, 5.41) is 0. The number of nitrogens with zero attached hydrogens (tertiary/aromatic N) is 1. The summed E-state index contributed by atoms with van der Waals surface area (Å²) in [7, 11) is 0. The molecule has 1 saturated heterocycles. The number of H-pyrrole nitrogens is 1. The van der Waals surface area contributed by atoms with Crippen LogP contribution in [0.1, 0.15) is 30.3 Å². The molecule has 0 aliphatic carbocycles. The molecule has 1 aliphatic rings. The molecule has 0 unspecified atom stereocenters. The fourth-order valence-corrected chi connectivity index (χ4v) is 2.04. The molecule has 0 amide bonds. The molecule has 3 nitrogen and oxygen atoms in total. The molecular formula is C10H14N2OS. The van der Waals surface area contributed by atoms with E-state index in [0.29, 0.717) is 10.6 Å². The van der Waals surface area contributed by atoms with Crippen molar-refractivity contribution < 1.29 is 4.74 Å². The zero-order valence-corrected chi connectivity index (χ0v) is 9.06. The summed E-state index contributed by atoms with van der Waals surface area (Å²) in [6.07, 6.45) is 2.09. The highest BCUT2D eigenvalue weighted by Gasteiger charge is 2.17. The van der Waals surface area contributed by atoms with Crippen LogP contribution < -0.4 is 0 Å². The average molecular weight is 210 g/mol. The number of hydrogen-bond acceptors (Lipinski definition) is 3. The quantitative estimate of drug-likeness (QED) is 0.723. The second kappa shape index (κ2) is 4.19. The second-order valence-corrected chi connectivity index (χ2v) is 4.09. The van der Waals surface area contributed by atoms with E-state index in [9.17, 15) is 0 Å². The van der Waals surface area contributed by atoms with Crippen molar-refractivity contribution in [1.82, 2.24) is 9.97 Å². The van der Waals surface area contributed by atoms with Crippen LogP contribution in [0.15, 0.2) is 6.07 Å². The standard InChI is InChI=1S/C10H14N2OS/c1-7-6-9(14)12-10(11-7)8-2-4-13-5-3-8/h6,8H,2-5H2,1H3,(H,11,12,14). The van der Waals surface area contributed by atoms with Gasteiger partial charge in [0.1, 0.15) is 10.5 Å². The smallest absolute Gasteiger partial charge is 0.129 e. The molecule has 0 saturated carbocycles. The Morgan fingerprint density at radius 1 is 1.50 bits per heavy atom. The van der Waals surface area contributed by atoms with Gasteiger partial charge in [-0.1, -0.05) is 12.2 Å². The molecule has 0 radical (unpaired) electrons. The first-order valence-corrected chi connectivity index (χ1v) is 5.32. The van der Waals surface area contributed by atoms with Gasteiger partial charge in [-0.15, -0.1) is 0 Å². The Morgan fingerprint density at radius 2 is 2.21 bits per heavy atom. The van der Waals surface area contributed by atoms with E-state index in [0.717, 1.165) is 37.6 Å². The Morgan fingerprint density at radius 3 is 2.86 bits per heavy atom. The highest BCUT2D eigenvalue weighted by Crippen LogP contribution is 2.23. The topological polar surface area (TPSA) is 37.9 Å². The SMILES string of the molecule is Cc1cc(=S)nc(C2CCOCC2)[nH]1. The third-order valence-corrected chi connectivity index (χ3v) is 2.71. The number of hydrogen-bond donors (Lipinski definition) is 1. The Labute approximate surface area is 88.5 Å². The molecule has 0 atom stereocenters. The molecule has 1 aromatic rings. The predicted octanol–water partition coefficient (Wildman–Crippen LogP) is 2.34. The molecule has 2 heterocycles. The zero-order valence-electron chi connectivity index (χ0n) is 8.25. The van der Waals surface area contributed by atoms with Crippen LogP contribution in [0.2, 0.25) is 0 Å². The van der Waals surface area contributed by atoms with Crippen LogP contribution in [-0.4, -0.2) is 23.2 Å². The van der Waals surface area contributed by atoms with E-state index in [1.807, 2.05) is 13.0 Å². The summed E-state index contributed by atoms with van der Waals surface area (Å²) in [5.41, 5.74) is 1.09. The van der Waals surface area contributed by atoms with Gasteiger partial charge in [-0.25, -0.2) is 4.98 Å². The van der Waals surface area contributed by atoms with Crippen LogP contribution in [0.4, 0.5) is 0 Å². The average Bonchev–Trinajstić information content (AvgIpc) is 2.18. The Kier molecular flexibility index (Phi) is 2.93. The molecule has 2 rings (SSSR count). The van der Waals surface area contributed by atoms with E-state index in [1.165, 1.54) is 0 Å². The van der Waals surface area contributed by atoms with E-state index >= 15 is 0 Å². The van der Waals surface area contributed by atoms with Crippen LogP contribution in [0.3, 0.4) is 0 Å². The third kappa shape index (κ3) is 2.19. The summed E-state index contributed by atoms with van der Waals surface area (Å²) in [6, 6.07) is 1.89. The molecule has 0 aromatic carbocycles. The lowest BCUT2D eigenvalue weighted by Gasteiger charge is -2.21. The van der Waals surface area contributed by atoms with Gasteiger partial charge >= 0.3 is 0 Å². The minimum atomic E-state index is 0.491. The second-order valence-electron chi connectivity index (χ2n) is 3.67. The lowest BCUT2D eigenvalue weighted by atomic mass is 9.99. The number of aromatic nitrogens is 2. The predicted molar refractivity (Wildman–Crippen MR) is 57.0 cm³/mol. The van der Waals surface area contributed by atoms with Gasteiger partial charge in [-0.05, 0) is 25.8 Å². The molecule has 14 heavy (non-hydrogen) atoms. The van der Waals surface area contributed by atoms with Crippen LogP contribution in [0.25, 0.3) is 0 Å². The maximum Gasteiger partial charge on any atom is 0.129 e. The number of aromatic amines is 1. The van der Waals surface area contributed by atoms with Gasteiger partial charge in [0.25, 0.3) is 0 Å². The molecule has 1 fully saturated rings. The minimum Gasteiger partial charge on any atom is -0.381 e. The first kappa shape index (κ1) is 9.80. The first-order chi connectivity index (χ1) is 6.75. The van der Waals surface area contributed by atoms with E-state index < -0.39 is 0 Å². The van der Waals surface area contributed by atoms with Crippen LogP contribution >= 0.6 is 12.2 Å². The highest BCUT2D eigenvalue weighted by atomic mass is 32.1. The summed E-state index contributed by atoms with van der Waals surface area (Å²) in [5.74, 6) is 1.52. The lowest BCUT2D eigenvalue weighted by Crippen LogP contribution is -2.16. The van der Waals surface area contributed by atoms with Gasteiger partial charge in [-0.2, -0.15) is 0 Å². The van der Waals surface area contributed by atoms with E-state index in [2.05, 4.69) is 9.97 Å². The normalized spacial score (nSPS) is 18.4. The number of aryl methyl sites for hydroxylation is 1. The summed E-state index contributed by atoms with van der Waals surface area (Å²) in [6.45, 7) is 3.68. The van der Waals surface area contributed by atoms with Crippen molar-refractivity contribution in [2.75, 3.05) is 13.2 Å². The van der Waals surface area contributed by atoms with Gasteiger partial charge in [-0.3, -0.25) is 0 Å². The van der Waals surface area contributed by atoms with Crippen LogP contribution in [-0.2, 0) is 4.74 Å². The van der Waals surface area contributed by atoms with Crippen molar-refractivity contribution >= 4 is 12.2 Å². The van der Waals surface area contributed by atoms with E-state index in [4.69, 9.17) is 17.0 Å². The lowest BCUT2D eigenvalue weighted by molar-refractivity contribution is 0.0835. The fourth-order valence-electron chi connectivity index (χ4n) is 1.77. The number of nitrogens with one attached hydrogen (secondary N) is 1. The van der Waals surface area contributed by atoms with Gasteiger partial charge in [0.2, 0.25) is 0 Å². The van der Waals surface area contributed by atoms with Crippen molar-refractivity contribution in [2.24, 2.45) is 0 Å². The van der Waals surface area contributed by atoms with Crippen molar-refractivity contribution in [1.29, 1.82) is 0 Å². The van der Waals surface area contributed by atoms with Crippen LogP contribution in [0, 0.1) is 11.6 Å². The molecular weight excluding hydrogens is 196 g/mol. The summed E-state index contributed by atoms with van der Waals surface area (Å²) >= 11 is 5.09. The Balaban J connectivity index is 2.26. The largest absolute Gasteiger partial charge is 0.381 e. The summed E-state index contributed by atoms with van der Waals surface area (Å²) in [4.78, 5) is 7.65. The molecule has 4 heteroatoms. The molecule has 0 spiro atoms. The maximum absolute atomic E-state index is 5.31. The number of ether oxygens (including phenoxy) is 1. The number of rotatable bonds is 1. The van der Waals surface area contributed by atoms with Gasteiger partial charge in [0.05, 0.1) is 0 Å². The molecule has 1 aromatic heterocycles. The molecule has 1 N–H and O–H groups in total. The first-order valence-electron chi connectivity index (χ1n) is 4.91. The minimum absolute atomic E-state index is 0.491. The van der Waals surface area contributed by atoms with E-state index in [1.54, 1.807) is 0 Å². The fraction of sp³-hybridized carbons (Fsp3) is 0.600. The van der Waals surface area contributed by atoms with Crippen molar-refractivity contribution in [3.8, 4) is 0 Å². The highest BCUT2D eigenvalue weighted by molar-refractivity contribution is 7.71. The molecule has 1 aliphatic heterocycles. The zero-order chi connectivity index (χ0) is 9.97. The Hall–Kier alpha value is -0.740. The Bertz CT molecular complexity index is 369. The van der Waals surface area contributed by atoms with Crippen molar-refractivity contribution in [3.63, 3.8) is 0 Å². The van der Waals surface area contributed by atoms with Crippen LogP contribution in [0.5, 0.6) is 0 Å². The molecule has 0 bridgehead atoms. The van der Waals surface area contributed by atoms with Gasteiger partial charge in [0.15, 0.2) is 0 Å². The summed E-state index contributed by atoms with van der Waals surface area (Å²) < 4.78 is 6.00.